The van der Waals surface area contributed by atoms with E-state index in [1.807, 2.05) is 45.9 Å². The Kier molecular flexibility index (Phi) is 4.07. The van der Waals surface area contributed by atoms with Gasteiger partial charge in [-0.25, -0.2) is 0 Å². The van der Waals surface area contributed by atoms with Gasteiger partial charge in [-0.2, -0.15) is 0 Å². The van der Waals surface area contributed by atoms with E-state index in [9.17, 15) is 9.59 Å². The fraction of sp³-hybridized carbons (Fsp3) is 0.400. The minimum atomic E-state index is 0.0743. The molecular formula is C20H22N2O3. The van der Waals surface area contributed by atoms with Gasteiger partial charge in [0.15, 0.2) is 0 Å². The van der Waals surface area contributed by atoms with Crippen LogP contribution in [0, 0.1) is 5.92 Å². The average molecular weight is 338 g/mol. The summed E-state index contributed by atoms with van der Waals surface area (Å²) in [5, 5.41) is 0. The van der Waals surface area contributed by atoms with E-state index in [4.69, 9.17) is 4.74 Å². The summed E-state index contributed by atoms with van der Waals surface area (Å²) in [6.07, 6.45) is 1.47. The number of amides is 1. The number of likely N-dealkylation sites (tertiary alicyclic amines) is 1. The van der Waals surface area contributed by atoms with Crippen molar-refractivity contribution in [1.29, 1.82) is 0 Å². The Bertz CT molecular complexity index is 841. The van der Waals surface area contributed by atoms with Crippen molar-refractivity contribution in [2.75, 3.05) is 20.2 Å². The van der Waals surface area contributed by atoms with Gasteiger partial charge in [0.1, 0.15) is 5.75 Å². The third kappa shape index (κ3) is 3.06. The molecule has 5 nitrogen and oxygen atoms in total. The normalized spacial score (nSPS) is 21.6. The number of carbonyl (C=O) groups excluding carboxylic acids is 1. The Hall–Kier alpha value is -2.56. The summed E-state index contributed by atoms with van der Waals surface area (Å²) in [7, 11) is 1.63. The summed E-state index contributed by atoms with van der Waals surface area (Å²) < 4.78 is 7.05. The maximum atomic E-state index is 12.8. The lowest BCUT2D eigenvalue weighted by atomic mass is 9.83. The van der Waals surface area contributed by atoms with Gasteiger partial charge in [-0.1, -0.05) is 18.2 Å². The van der Waals surface area contributed by atoms with Gasteiger partial charge in [0.2, 0.25) is 5.91 Å². The third-order valence-corrected chi connectivity index (χ3v) is 5.35. The number of fused-ring (bicyclic) bond motifs is 4. The summed E-state index contributed by atoms with van der Waals surface area (Å²) in [6, 6.07) is 13.1. The van der Waals surface area contributed by atoms with Crippen LogP contribution in [0.4, 0.5) is 0 Å². The molecule has 1 aromatic heterocycles. The number of ether oxygens (including phenoxy) is 1. The fourth-order valence-electron chi connectivity index (χ4n) is 4.13. The molecule has 3 heterocycles. The molecular weight excluding hydrogens is 316 g/mol. The molecule has 2 atom stereocenters. The van der Waals surface area contributed by atoms with Gasteiger partial charge in [0.25, 0.3) is 5.56 Å². The summed E-state index contributed by atoms with van der Waals surface area (Å²) in [5.74, 6) is 1.59. The number of carbonyl (C=O) groups is 1. The Labute approximate surface area is 146 Å². The SMILES string of the molecule is COc1ccc(CC(=O)N2C[C@H]3C[C@H](C2)c2cccc(=O)n2C3)cc1. The van der Waals surface area contributed by atoms with Gasteiger partial charge < -0.3 is 14.2 Å². The topological polar surface area (TPSA) is 51.5 Å². The molecule has 2 aliphatic heterocycles. The summed E-state index contributed by atoms with van der Waals surface area (Å²) in [5.41, 5.74) is 2.15. The standard InChI is InChI=1S/C20H22N2O3/c1-25-17-7-5-14(6-8-17)10-20(24)21-11-15-9-16(13-21)18-3-2-4-19(23)22(18)12-15/h2-8,15-16H,9-13H2,1H3/t15-,16-/m1/s1. The monoisotopic (exact) mass is 338 g/mol. The lowest BCUT2D eigenvalue weighted by Crippen LogP contribution is -2.49. The van der Waals surface area contributed by atoms with Gasteiger partial charge in [-0.3, -0.25) is 9.59 Å². The van der Waals surface area contributed by atoms with Crippen molar-refractivity contribution in [2.24, 2.45) is 5.92 Å². The number of hydrogen-bond donors (Lipinski definition) is 0. The van der Waals surface area contributed by atoms with Crippen LogP contribution < -0.4 is 10.3 Å². The van der Waals surface area contributed by atoms with Crippen LogP contribution in [-0.4, -0.2) is 35.6 Å². The largest absolute Gasteiger partial charge is 0.497 e. The number of aromatic nitrogens is 1. The molecule has 25 heavy (non-hydrogen) atoms. The molecule has 5 heteroatoms. The predicted octanol–water partition coefficient (Wildman–Crippen LogP) is 2.05. The van der Waals surface area contributed by atoms with Crippen molar-refractivity contribution in [3.63, 3.8) is 0 Å². The number of piperidine rings is 1. The molecule has 0 unspecified atom stereocenters. The van der Waals surface area contributed by atoms with Crippen molar-refractivity contribution in [3.05, 3.63) is 64.1 Å². The molecule has 1 aromatic carbocycles. The van der Waals surface area contributed by atoms with E-state index in [1.54, 1.807) is 13.2 Å². The molecule has 4 rings (SSSR count). The van der Waals surface area contributed by atoms with Gasteiger partial charge >= 0.3 is 0 Å². The van der Waals surface area contributed by atoms with Crippen LogP contribution in [0.15, 0.2) is 47.3 Å². The Morgan fingerprint density at radius 3 is 2.68 bits per heavy atom. The highest BCUT2D eigenvalue weighted by Gasteiger charge is 2.36. The Morgan fingerprint density at radius 2 is 1.92 bits per heavy atom. The molecule has 2 aromatic rings. The van der Waals surface area contributed by atoms with Crippen LogP contribution >= 0.6 is 0 Å². The van der Waals surface area contributed by atoms with Crippen LogP contribution in [0.5, 0.6) is 5.75 Å². The van der Waals surface area contributed by atoms with Gasteiger partial charge in [0.05, 0.1) is 13.5 Å². The highest BCUT2D eigenvalue weighted by molar-refractivity contribution is 5.79. The minimum Gasteiger partial charge on any atom is -0.497 e. The first-order chi connectivity index (χ1) is 12.1. The molecule has 0 N–H and O–H groups in total. The molecule has 1 fully saturated rings. The number of pyridine rings is 1. The maximum Gasteiger partial charge on any atom is 0.250 e. The zero-order valence-corrected chi connectivity index (χ0v) is 14.4. The second-order valence-electron chi connectivity index (χ2n) is 7.02. The van der Waals surface area contributed by atoms with Crippen LogP contribution in [0.3, 0.4) is 0 Å². The lowest BCUT2D eigenvalue weighted by Gasteiger charge is -2.42. The fourth-order valence-corrected chi connectivity index (χ4v) is 4.13. The van der Waals surface area contributed by atoms with Gasteiger partial charge in [-0.05, 0) is 36.1 Å². The quantitative estimate of drug-likeness (QED) is 0.861. The number of hydrogen-bond acceptors (Lipinski definition) is 3. The average Bonchev–Trinajstić information content (AvgIpc) is 2.63. The molecule has 0 saturated carbocycles. The van der Waals surface area contributed by atoms with E-state index in [1.165, 1.54) is 0 Å². The molecule has 0 radical (unpaired) electrons. The molecule has 1 amide bonds. The van der Waals surface area contributed by atoms with Gasteiger partial charge in [0, 0.05) is 37.3 Å². The molecule has 0 aliphatic carbocycles. The van der Waals surface area contributed by atoms with Crippen LogP contribution in [0.2, 0.25) is 0 Å². The number of rotatable bonds is 3. The number of nitrogens with zero attached hydrogens (tertiary/aromatic N) is 2. The van der Waals surface area contributed by atoms with Crippen molar-refractivity contribution < 1.29 is 9.53 Å². The second-order valence-corrected chi connectivity index (χ2v) is 7.02. The third-order valence-electron chi connectivity index (χ3n) is 5.35. The summed E-state index contributed by atoms with van der Waals surface area (Å²) in [6.45, 7) is 2.17. The molecule has 2 aliphatic rings. The zero-order valence-electron chi connectivity index (χ0n) is 14.4. The second kappa shape index (κ2) is 6.39. The minimum absolute atomic E-state index is 0.0743. The zero-order chi connectivity index (χ0) is 17.4. The van der Waals surface area contributed by atoms with Crippen LogP contribution in [0.1, 0.15) is 23.6 Å². The molecule has 130 valence electrons. The van der Waals surface area contributed by atoms with Crippen molar-refractivity contribution in [2.45, 2.75) is 25.3 Å². The highest BCUT2D eigenvalue weighted by Crippen LogP contribution is 2.35. The van der Waals surface area contributed by atoms with Crippen molar-refractivity contribution in [1.82, 2.24) is 9.47 Å². The van der Waals surface area contributed by atoms with E-state index < -0.39 is 0 Å². The molecule has 2 bridgehead atoms. The van der Waals surface area contributed by atoms with Gasteiger partial charge in [-0.15, -0.1) is 0 Å². The lowest BCUT2D eigenvalue weighted by molar-refractivity contribution is -0.133. The number of methoxy groups -OCH3 is 1. The van der Waals surface area contributed by atoms with Crippen LogP contribution in [-0.2, 0) is 17.8 Å². The van der Waals surface area contributed by atoms with E-state index in [-0.39, 0.29) is 17.4 Å². The molecule has 1 saturated heterocycles. The first-order valence-corrected chi connectivity index (χ1v) is 8.74. The van der Waals surface area contributed by atoms with Crippen LogP contribution in [0.25, 0.3) is 0 Å². The van der Waals surface area contributed by atoms with E-state index in [0.717, 1.165) is 36.5 Å². The van der Waals surface area contributed by atoms with E-state index in [2.05, 4.69) is 0 Å². The number of benzene rings is 1. The highest BCUT2D eigenvalue weighted by atomic mass is 16.5. The molecule has 0 spiro atoms. The Morgan fingerprint density at radius 1 is 1.12 bits per heavy atom. The summed E-state index contributed by atoms with van der Waals surface area (Å²) in [4.78, 5) is 26.8. The first kappa shape index (κ1) is 15.9. The first-order valence-electron chi connectivity index (χ1n) is 8.74. The smallest absolute Gasteiger partial charge is 0.250 e. The Balaban J connectivity index is 1.49. The van der Waals surface area contributed by atoms with E-state index >= 15 is 0 Å². The summed E-state index contributed by atoms with van der Waals surface area (Å²) >= 11 is 0. The predicted molar refractivity (Wildman–Crippen MR) is 94.8 cm³/mol. The van der Waals surface area contributed by atoms with Crippen molar-refractivity contribution >= 4 is 5.91 Å². The van der Waals surface area contributed by atoms with Crippen molar-refractivity contribution in [3.8, 4) is 5.75 Å². The maximum absolute atomic E-state index is 12.8. The van der Waals surface area contributed by atoms with E-state index in [0.29, 0.717) is 18.9 Å².